The molecule has 0 aromatic carbocycles. The van der Waals surface area contributed by atoms with Crippen molar-refractivity contribution in [1.82, 2.24) is 10.6 Å². The zero-order valence-electron chi connectivity index (χ0n) is 11.8. The molecule has 1 saturated carbocycles. The highest BCUT2D eigenvalue weighted by atomic mass is 16.4. The average Bonchev–Trinajstić information content (AvgIpc) is 2.36. The summed E-state index contributed by atoms with van der Waals surface area (Å²) in [6.07, 6.45) is 5.22. The fourth-order valence-corrected chi connectivity index (χ4v) is 2.49. The first-order valence-corrected chi connectivity index (χ1v) is 6.88. The second kappa shape index (κ2) is 7.12. The van der Waals surface area contributed by atoms with Crippen LogP contribution in [0.2, 0.25) is 0 Å². The van der Waals surface area contributed by atoms with Crippen molar-refractivity contribution in [2.75, 3.05) is 6.54 Å². The highest BCUT2D eigenvalue weighted by molar-refractivity contribution is 5.87. The third-order valence-electron chi connectivity index (χ3n) is 3.75. The summed E-state index contributed by atoms with van der Waals surface area (Å²) in [5, 5.41) is 13.8. The standard InChI is InChI=1S/C13H23N3O4/c1-13(5-3-2-4-6-13)8-15-12(20)16-9(11(18)19)7-10(14)17/h9H,2-8H2,1H3,(H2,14,17)(H,18,19)(H2,15,16,20). The van der Waals surface area contributed by atoms with Crippen LogP contribution in [0.3, 0.4) is 0 Å². The van der Waals surface area contributed by atoms with E-state index in [4.69, 9.17) is 10.8 Å². The van der Waals surface area contributed by atoms with Gasteiger partial charge in [0.15, 0.2) is 0 Å². The lowest BCUT2D eigenvalue weighted by Gasteiger charge is -2.33. The Bertz CT molecular complexity index is 378. The maximum Gasteiger partial charge on any atom is 0.326 e. The molecule has 114 valence electrons. The maximum absolute atomic E-state index is 11.7. The van der Waals surface area contributed by atoms with Crippen LogP contribution in [0.4, 0.5) is 4.79 Å². The van der Waals surface area contributed by atoms with Gasteiger partial charge in [0.1, 0.15) is 6.04 Å². The molecule has 0 aliphatic heterocycles. The molecule has 7 heteroatoms. The molecule has 0 heterocycles. The summed E-state index contributed by atoms with van der Waals surface area (Å²) >= 11 is 0. The van der Waals surface area contributed by atoms with Gasteiger partial charge in [-0.05, 0) is 18.3 Å². The van der Waals surface area contributed by atoms with Crippen molar-refractivity contribution >= 4 is 17.9 Å². The van der Waals surface area contributed by atoms with E-state index in [1.165, 1.54) is 6.42 Å². The molecular formula is C13H23N3O4. The van der Waals surface area contributed by atoms with Gasteiger partial charge in [0, 0.05) is 6.54 Å². The van der Waals surface area contributed by atoms with Crippen molar-refractivity contribution in [2.45, 2.75) is 51.5 Å². The molecular weight excluding hydrogens is 262 g/mol. The van der Waals surface area contributed by atoms with Gasteiger partial charge in [0.2, 0.25) is 5.91 Å². The van der Waals surface area contributed by atoms with E-state index < -0.39 is 30.4 Å². The van der Waals surface area contributed by atoms with Crippen LogP contribution in [0, 0.1) is 5.41 Å². The number of rotatable bonds is 6. The van der Waals surface area contributed by atoms with Crippen molar-refractivity contribution in [1.29, 1.82) is 0 Å². The SMILES string of the molecule is CC1(CNC(=O)NC(CC(N)=O)C(=O)O)CCCCC1. The van der Waals surface area contributed by atoms with Crippen molar-refractivity contribution in [3.63, 3.8) is 0 Å². The summed E-state index contributed by atoms with van der Waals surface area (Å²) in [5.41, 5.74) is 5.01. The van der Waals surface area contributed by atoms with E-state index in [1.807, 2.05) is 0 Å². The molecule has 1 atom stereocenters. The number of carbonyl (C=O) groups excluding carboxylic acids is 2. The van der Waals surface area contributed by atoms with Crippen LogP contribution in [0.1, 0.15) is 45.4 Å². The predicted octanol–water partition coefficient (Wildman–Crippen LogP) is 0.585. The smallest absolute Gasteiger partial charge is 0.326 e. The molecule has 7 nitrogen and oxygen atoms in total. The third-order valence-corrected chi connectivity index (χ3v) is 3.75. The largest absolute Gasteiger partial charge is 0.480 e. The number of hydrogen-bond donors (Lipinski definition) is 4. The maximum atomic E-state index is 11.7. The van der Waals surface area contributed by atoms with Gasteiger partial charge < -0.3 is 21.5 Å². The molecule has 1 aliphatic rings. The molecule has 1 rings (SSSR count). The van der Waals surface area contributed by atoms with Gasteiger partial charge in [-0.2, -0.15) is 0 Å². The van der Waals surface area contributed by atoms with E-state index in [0.717, 1.165) is 25.7 Å². The molecule has 0 aromatic rings. The number of urea groups is 1. The van der Waals surface area contributed by atoms with Crippen LogP contribution in [0.25, 0.3) is 0 Å². The third kappa shape index (κ3) is 5.46. The summed E-state index contributed by atoms with van der Waals surface area (Å²) in [6.45, 7) is 2.62. The van der Waals surface area contributed by atoms with Crippen LogP contribution in [-0.4, -0.2) is 35.6 Å². The van der Waals surface area contributed by atoms with E-state index in [1.54, 1.807) is 0 Å². The number of carbonyl (C=O) groups is 3. The van der Waals surface area contributed by atoms with Crippen LogP contribution in [0.15, 0.2) is 0 Å². The van der Waals surface area contributed by atoms with E-state index in [2.05, 4.69) is 17.6 Å². The van der Waals surface area contributed by atoms with Gasteiger partial charge in [-0.25, -0.2) is 9.59 Å². The Morgan fingerprint density at radius 1 is 1.25 bits per heavy atom. The van der Waals surface area contributed by atoms with E-state index in [-0.39, 0.29) is 5.41 Å². The quantitative estimate of drug-likeness (QED) is 0.570. The summed E-state index contributed by atoms with van der Waals surface area (Å²) in [6, 6.07) is -1.86. The number of nitrogens with two attached hydrogens (primary N) is 1. The zero-order chi connectivity index (χ0) is 15.2. The second-order valence-electron chi connectivity index (χ2n) is 5.76. The zero-order valence-corrected chi connectivity index (χ0v) is 11.8. The van der Waals surface area contributed by atoms with E-state index in [9.17, 15) is 14.4 Å². The Morgan fingerprint density at radius 3 is 2.35 bits per heavy atom. The first-order valence-electron chi connectivity index (χ1n) is 6.88. The van der Waals surface area contributed by atoms with Crippen molar-refractivity contribution in [3.8, 4) is 0 Å². The van der Waals surface area contributed by atoms with Crippen molar-refractivity contribution in [2.24, 2.45) is 11.1 Å². The Labute approximate surface area is 118 Å². The van der Waals surface area contributed by atoms with Crippen LogP contribution in [0.5, 0.6) is 0 Å². The van der Waals surface area contributed by atoms with Crippen LogP contribution in [-0.2, 0) is 9.59 Å². The summed E-state index contributed by atoms with van der Waals surface area (Å²) in [7, 11) is 0. The number of carboxylic acid groups (broad SMARTS) is 1. The molecule has 1 unspecified atom stereocenters. The van der Waals surface area contributed by atoms with Gasteiger partial charge in [-0.15, -0.1) is 0 Å². The monoisotopic (exact) mass is 285 g/mol. The van der Waals surface area contributed by atoms with Crippen LogP contribution < -0.4 is 16.4 Å². The molecule has 0 aromatic heterocycles. The molecule has 3 amide bonds. The van der Waals surface area contributed by atoms with E-state index >= 15 is 0 Å². The van der Waals surface area contributed by atoms with Gasteiger partial charge in [-0.3, -0.25) is 4.79 Å². The molecule has 0 saturated heterocycles. The number of nitrogens with one attached hydrogen (secondary N) is 2. The molecule has 0 spiro atoms. The number of primary amides is 1. The number of amides is 3. The Kier molecular flexibility index (Phi) is 5.79. The lowest BCUT2D eigenvalue weighted by atomic mass is 9.76. The van der Waals surface area contributed by atoms with E-state index in [0.29, 0.717) is 6.54 Å². The fourth-order valence-electron chi connectivity index (χ4n) is 2.49. The average molecular weight is 285 g/mol. The minimum Gasteiger partial charge on any atom is -0.480 e. The minimum atomic E-state index is -1.29. The highest BCUT2D eigenvalue weighted by Crippen LogP contribution is 2.34. The summed E-state index contributed by atoms with van der Waals surface area (Å²) < 4.78 is 0. The molecule has 0 radical (unpaired) electrons. The fraction of sp³-hybridized carbons (Fsp3) is 0.769. The van der Waals surface area contributed by atoms with Crippen molar-refractivity contribution < 1.29 is 19.5 Å². The first kappa shape index (κ1) is 16.3. The summed E-state index contributed by atoms with van der Waals surface area (Å²) in [4.78, 5) is 33.3. The molecule has 1 aliphatic carbocycles. The molecule has 5 N–H and O–H groups in total. The molecule has 20 heavy (non-hydrogen) atoms. The summed E-state index contributed by atoms with van der Waals surface area (Å²) in [5.74, 6) is -2.04. The predicted molar refractivity (Wildman–Crippen MR) is 73.0 cm³/mol. The van der Waals surface area contributed by atoms with Crippen LogP contribution >= 0.6 is 0 Å². The minimum absolute atomic E-state index is 0.0675. The Hall–Kier alpha value is -1.79. The number of aliphatic carboxylic acids is 1. The number of hydrogen-bond acceptors (Lipinski definition) is 3. The van der Waals surface area contributed by atoms with Gasteiger partial charge >= 0.3 is 12.0 Å². The highest BCUT2D eigenvalue weighted by Gasteiger charge is 2.28. The normalized spacial score (nSPS) is 18.9. The topological polar surface area (TPSA) is 122 Å². The Balaban J connectivity index is 2.41. The Morgan fingerprint density at radius 2 is 1.85 bits per heavy atom. The lowest BCUT2D eigenvalue weighted by Crippen LogP contribution is -2.49. The van der Waals surface area contributed by atoms with Gasteiger partial charge in [0.25, 0.3) is 0 Å². The molecule has 1 fully saturated rings. The second-order valence-corrected chi connectivity index (χ2v) is 5.76. The number of carboxylic acids is 1. The first-order chi connectivity index (χ1) is 9.32. The van der Waals surface area contributed by atoms with Crippen molar-refractivity contribution in [3.05, 3.63) is 0 Å². The van der Waals surface area contributed by atoms with Gasteiger partial charge in [-0.1, -0.05) is 26.2 Å². The van der Waals surface area contributed by atoms with Gasteiger partial charge in [0.05, 0.1) is 6.42 Å². The lowest BCUT2D eigenvalue weighted by molar-refractivity contribution is -0.140. The molecule has 0 bridgehead atoms.